The Morgan fingerprint density at radius 3 is 2.55 bits per heavy atom. The Morgan fingerprint density at radius 1 is 1.14 bits per heavy atom. The quantitative estimate of drug-likeness (QED) is 0.548. The van der Waals surface area contributed by atoms with Crippen molar-refractivity contribution >= 4 is 23.4 Å². The van der Waals surface area contributed by atoms with E-state index in [2.05, 4.69) is 12.2 Å². The second-order valence-corrected chi connectivity index (χ2v) is 6.91. The van der Waals surface area contributed by atoms with Gasteiger partial charge in [-0.15, -0.1) is 0 Å². The fourth-order valence-corrected chi connectivity index (χ4v) is 3.51. The van der Waals surface area contributed by atoms with E-state index < -0.39 is 12.0 Å². The summed E-state index contributed by atoms with van der Waals surface area (Å²) in [5.74, 6) is -0.444. The summed E-state index contributed by atoms with van der Waals surface area (Å²) < 4.78 is 5.40. The average Bonchev–Trinajstić information content (AvgIpc) is 2.73. The molecule has 1 unspecified atom stereocenters. The fraction of sp³-hybridized carbons (Fsp3) is 0.304. The highest BCUT2D eigenvalue weighted by molar-refractivity contribution is 6.04. The first-order valence-corrected chi connectivity index (χ1v) is 9.97. The van der Waals surface area contributed by atoms with Gasteiger partial charge in [0, 0.05) is 12.2 Å². The molecule has 1 aliphatic heterocycles. The maximum atomic E-state index is 13.1. The van der Waals surface area contributed by atoms with Gasteiger partial charge >= 0.3 is 12.0 Å². The third-order valence-electron chi connectivity index (χ3n) is 4.85. The van der Waals surface area contributed by atoms with Crippen molar-refractivity contribution in [1.82, 2.24) is 10.2 Å². The molecular weight excluding hydrogens is 366 g/mol. The summed E-state index contributed by atoms with van der Waals surface area (Å²) in [6.45, 7) is 4.60. The molecular formula is C23H27N3O3. The van der Waals surface area contributed by atoms with Crippen molar-refractivity contribution in [1.29, 1.82) is 0 Å². The number of rotatable bonds is 7. The van der Waals surface area contributed by atoms with Crippen LogP contribution < -0.4 is 11.1 Å². The summed E-state index contributed by atoms with van der Waals surface area (Å²) >= 11 is 0. The van der Waals surface area contributed by atoms with Crippen LogP contribution in [0.1, 0.15) is 43.9 Å². The van der Waals surface area contributed by atoms with Crippen molar-refractivity contribution in [2.24, 2.45) is 0 Å². The number of nitrogens with two attached hydrogens (primary N) is 1. The zero-order valence-corrected chi connectivity index (χ0v) is 16.9. The van der Waals surface area contributed by atoms with Crippen LogP contribution in [0, 0.1) is 0 Å². The van der Waals surface area contributed by atoms with E-state index in [-0.39, 0.29) is 12.6 Å². The number of amides is 2. The molecule has 3 rings (SSSR count). The first-order chi connectivity index (χ1) is 14.1. The number of esters is 1. The lowest BCUT2D eigenvalue weighted by Crippen LogP contribution is -2.48. The van der Waals surface area contributed by atoms with Crippen LogP contribution in [0.5, 0.6) is 0 Å². The lowest BCUT2D eigenvalue weighted by molar-refractivity contribution is -0.138. The van der Waals surface area contributed by atoms with Gasteiger partial charge in [-0.2, -0.15) is 0 Å². The molecule has 3 N–H and O–H groups in total. The zero-order valence-electron chi connectivity index (χ0n) is 16.9. The molecule has 0 spiro atoms. The minimum absolute atomic E-state index is 0.238. The monoisotopic (exact) mass is 393 g/mol. The average molecular weight is 393 g/mol. The molecule has 6 nitrogen and oxygen atoms in total. The van der Waals surface area contributed by atoms with Crippen molar-refractivity contribution < 1.29 is 14.3 Å². The molecule has 29 heavy (non-hydrogen) atoms. The molecule has 1 atom stereocenters. The zero-order chi connectivity index (χ0) is 20.8. The Morgan fingerprint density at radius 2 is 1.90 bits per heavy atom. The van der Waals surface area contributed by atoms with Crippen LogP contribution in [0.3, 0.4) is 0 Å². The van der Waals surface area contributed by atoms with Gasteiger partial charge in [-0.3, -0.25) is 4.90 Å². The Hall–Kier alpha value is -3.28. The summed E-state index contributed by atoms with van der Waals surface area (Å²) in [6.07, 6.45) is 1.75. The summed E-state index contributed by atoms with van der Waals surface area (Å²) in [4.78, 5) is 27.8. The number of nitrogens with zero attached hydrogens (tertiary/aromatic N) is 1. The largest absolute Gasteiger partial charge is 0.463 e. The van der Waals surface area contributed by atoms with E-state index in [0.717, 1.165) is 24.0 Å². The van der Waals surface area contributed by atoms with Crippen molar-refractivity contribution in [3.8, 4) is 0 Å². The van der Waals surface area contributed by atoms with Gasteiger partial charge in [0.25, 0.3) is 0 Å². The minimum Gasteiger partial charge on any atom is -0.463 e. The number of carbonyl (C=O) groups excluding carboxylic acids is 2. The van der Waals surface area contributed by atoms with Gasteiger partial charge in [0.15, 0.2) is 0 Å². The van der Waals surface area contributed by atoms with Crippen molar-refractivity contribution in [2.45, 2.75) is 32.7 Å². The van der Waals surface area contributed by atoms with Crippen LogP contribution in [0.25, 0.3) is 5.70 Å². The van der Waals surface area contributed by atoms with Crippen molar-refractivity contribution in [3.05, 3.63) is 71.3 Å². The Kier molecular flexibility index (Phi) is 6.54. The van der Waals surface area contributed by atoms with E-state index in [9.17, 15) is 9.59 Å². The molecule has 0 radical (unpaired) electrons. The maximum absolute atomic E-state index is 13.1. The number of unbranched alkanes of at least 4 members (excludes halogenated alkanes) is 1. The predicted octanol–water partition coefficient (Wildman–Crippen LogP) is 4.11. The molecule has 1 heterocycles. The van der Waals surface area contributed by atoms with Gasteiger partial charge in [0.1, 0.15) is 0 Å². The smallest absolute Gasteiger partial charge is 0.338 e. The molecule has 152 valence electrons. The SMILES string of the molecule is CCCCN1C(=O)NC(c2cccc(N)c2)C(C(=O)OCC)=C1c1ccccc1. The highest BCUT2D eigenvalue weighted by Crippen LogP contribution is 2.37. The third-order valence-corrected chi connectivity index (χ3v) is 4.85. The minimum atomic E-state index is -0.641. The Labute approximate surface area is 171 Å². The fourth-order valence-electron chi connectivity index (χ4n) is 3.51. The lowest BCUT2D eigenvalue weighted by atomic mass is 9.91. The predicted molar refractivity (Wildman–Crippen MR) is 114 cm³/mol. The van der Waals surface area contributed by atoms with Crippen LogP contribution in [-0.2, 0) is 9.53 Å². The van der Waals surface area contributed by atoms with Crippen LogP contribution in [-0.4, -0.2) is 30.1 Å². The number of benzene rings is 2. The molecule has 1 aliphatic rings. The summed E-state index contributed by atoms with van der Waals surface area (Å²) in [6, 6.07) is 15.8. The van der Waals surface area contributed by atoms with Crippen LogP contribution in [0.4, 0.5) is 10.5 Å². The number of carbonyl (C=O) groups is 2. The van der Waals surface area contributed by atoms with Crippen LogP contribution in [0.15, 0.2) is 60.2 Å². The molecule has 0 saturated carbocycles. The van der Waals surface area contributed by atoms with Gasteiger partial charge in [-0.1, -0.05) is 55.8 Å². The number of ether oxygens (including phenoxy) is 1. The van der Waals surface area contributed by atoms with Gasteiger partial charge in [0.2, 0.25) is 0 Å². The number of hydrogen-bond donors (Lipinski definition) is 2. The number of nitrogen functional groups attached to an aromatic ring is 1. The van der Waals surface area contributed by atoms with Crippen molar-refractivity contribution in [3.63, 3.8) is 0 Å². The molecule has 0 fully saturated rings. The van der Waals surface area contributed by atoms with Crippen LogP contribution >= 0.6 is 0 Å². The summed E-state index contributed by atoms with van der Waals surface area (Å²) in [7, 11) is 0. The first-order valence-electron chi connectivity index (χ1n) is 9.97. The van der Waals surface area contributed by atoms with Gasteiger partial charge < -0.3 is 15.8 Å². The van der Waals surface area contributed by atoms with E-state index in [1.807, 2.05) is 42.5 Å². The highest BCUT2D eigenvalue weighted by Gasteiger charge is 2.38. The Balaban J connectivity index is 2.24. The van der Waals surface area contributed by atoms with Crippen molar-refractivity contribution in [2.75, 3.05) is 18.9 Å². The second kappa shape index (κ2) is 9.28. The molecule has 0 aromatic heterocycles. The molecule has 0 aliphatic carbocycles. The molecule has 0 saturated heterocycles. The standard InChI is InChI=1S/C23H27N3O3/c1-3-5-14-26-21(16-10-7-6-8-11-16)19(22(27)29-4-2)20(25-23(26)28)17-12-9-13-18(24)15-17/h6-13,15,20H,3-5,14,24H2,1-2H3,(H,25,28). The number of urea groups is 1. The first kappa shape index (κ1) is 20.5. The molecule has 6 heteroatoms. The normalized spacial score (nSPS) is 16.6. The number of nitrogens with one attached hydrogen (secondary N) is 1. The summed E-state index contributed by atoms with van der Waals surface area (Å²) in [5, 5.41) is 2.98. The number of anilines is 1. The molecule has 2 amide bonds. The van der Waals surface area contributed by atoms with Crippen LogP contribution in [0.2, 0.25) is 0 Å². The van der Waals surface area contributed by atoms with E-state index in [0.29, 0.717) is 23.5 Å². The van der Waals surface area contributed by atoms with E-state index >= 15 is 0 Å². The second-order valence-electron chi connectivity index (χ2n) is 6.91. The van der Waals surface area contributed by atoms with Gasteiger partial charge in [0.05, 0.1) is 23.9 Å². The lowest BCUT2D eigenvalue weighted by Gasteiger charge is -2.37. The van der Waals surface area contributed by atoms with E-state index in [4.69, 9.17) is 10.5 Å². The molecule has 0 bridgehead atoms. The molecule has 2 aromatic rings. The van der Waals surface area contributed by atoms with Gasteiger partial charge in [-0.25, -0.2) is 9.59 Å². The summed E-state index contributed by atoms with van der Waals surface area (Å²) in [5.41, 5.74) is 9.08. The van der Waals surface area contributed by atoms with E-state index in [1.165, 1.54) is 0 Å². The Bertz CT molecular complexity index is 909. The number of hydrogen-bond acceptors (Lipinski definition) is 4. The maximum Gasteiger partial charge on any atom is 0.338 e. The highest BCUT2D eigenvalue weighted by atomic mass is 16.5. The topological polar surface area (TPSA) is 84.7 Å². The third kappa shape index (κ3) is 4.42. The molecule has 2 aromatic carbocycles. The van der Waals surface area contributed by atoms with Gasteiger partial charge in [-0.05, 0) is 36.6 Å². The van der Waals surface area contributed by atoms with E-state index in [1.54, 1.807) is 24.0 Å².